The van der Waals surface area contributed by atoms with Crippen molar-refractivity contribution >= 4 is 0 Å². The van der Waals surface area contributed by atoms with Crippen LogP contribution >= 0.6 is 0 Å². The van der Waals surface area contributed by atoms with Crippen LogP contribution in [0.5, 0.6) is 17.2 Å². The van der Waals surface area contributed by atoms with Gasteiger partial charge in [-0.2, -0.15) is 0 Å². The second-order valence-corrected chi connectivity index (χ2v) is 8.69. The van der Waals surface area contributed by atoms with E-state index in [1.165, 1.54) is 83.1 Å². The molecule has 0 fully saturated rings. The highest BCUT2D eigenvalue weighted by molar-refractivity contribution is 5.49. The van der Waals surface area contributed by atoms with Crippen molar-refractivity contribution in [2.75, 3.05) is 0 Å². The number of para-hydroxylation sites is 1. The lowest BCUT2D eigenvalue weighted by atomic mass is 9.84. The van der Waals surface area contributed by atoms with Crippen molar-refractivity contribution in [2.45, 2.75) is 129 Å². The molecule has 0 bridgehead atoms. The molecule has 0 spiro atoms. The summed E-state index contributed by atoms with van der Waals surface area (Å²) in [7, 11) is 0. The van der Waals surface area contributed by atoms with Crippen LogP contribution in [-0.4, -0.2) is 15.8 Å². The standard InChI is InChI=1S/C26H46O3/c1-4-7-10-12-15-21-26(20-14-9-6-3,22-16-13-11-8-5-2)29-24-19-17-18-23(27)25(24)28/h17-19,27-28H,4-16,20-22H2,1-3H3. The van der Waals surface area contributed by atoms with Crippen LogP contribution < -0.4 is 4.74 Å². The number of ether oxygens (including phenoxy) is 1. The Balaban J connectivity index is 2.90. The van der Waals surface area contributed by atoms with Gasteiger partial charge in [-0.1, -0.05) is 91.0 Å². The second-order valence-electron chi connectivity index (χ2n) is 8.69. The molecule has 0 aromatic heterocycles. The minimum atomic E-state index is -0.237. The van der Waals surface area contributed by atoms with Gasteiger partial charge in [0.15, 0.2) is 11.5 Å². The molecule has 1 rings (SSSR count). The van der Waals surface area contributed by atoms with Crippen molar-refractivity contribution in [3.63, 3.8) is 0 Å². The Morgan fingerprint density at radius 3 is 1.62 bits per heavy atom. The van der Waals surface area contributed by atoms with Gasteiger partial charge in [-0.05, 0) is 50.7 Å². The Bertz CT molecular complexity index is 513. The molecule has 29 heavy (non-hydrogen) atoms. The van der Waals surface area contributed by atoms with Crippen molar-refractivity contribution in [3.05, 3.63) is 18.2 Å². The van der Waals surface area contributed by atoms with Gasteiger partial charge in [0.05, 0.1) is 0 Å². The normalized spacial score (nSPS) is 11.7. The maximum Gasteiger partial charge on any atom is 0.200 e. The largest absolute Gasteiger partial charge is 0.504 e. The Labute approximate surface area is 179 Å². The summed E-state index contributed by atoms with van der Waals surface area (Å²) in [5.74, 6) is 0.212. The van der Waals surface area contributed by atoms with E-state index >= 15 is 0 Å². The third kappa shape index (κ3) is 10.3. The van der Waals surface area contributed by atoms with Crippen LogP contribution in [0.15, 0.2) is 18.2 Å². The second kappa shape index (κ2) is 15.5. The topological polar surface area (TPSA) is 49.7 Å². The van der Waals surface area contributed by atoms with E-state index in [4.69, 9.17) is 4.74 Å². The predicted molar refractivity (Wildman–Crippen MR) is 124 cm³/mol. The zero-order valence-electron chi connectivity index (χ0n) is 19.3. The first-order valence-electron chi connectivity index (χ1n) is 12.3. The van der Waals surface area contributed by atoms with Gasteiger partial charge in [-0.15, -0.1) is 0 Å². The zero-order chi connectivity index (χ0) is 21.4. The van der Waals surface area contributed by atoms with Crippen LogP contribution in [0.2, 0.25) is 0 Å². The van der Waals surface area contributed by atoms with E-state index in [1.807, 2.05) is 0 Å². The fourth-order valence-electron chi connectivity index (χ4n) is 4.15. The van der Waals surface area contributed by atoms with Crippen LogP contribution in [0.3, 0.4) is 0 Å². The summed E-state index contributed by atoms with van der Waals surface area (Å²) < 4.78 is 6.56. The molecule has 0 saturated carbocycles. The lowest BCUT2D eigenvalue weighted by Crippen LogP contribution is -2.36. The number of phenolic OH excluding ortho intramolecular Hbond substituents is 2. The summed E-state index contributed by atoms with van der Waals surface area (Å²) in [4.78, 5) is 0. The Morgan fingerprint density at radius 2 is 1.10 bits per heavy atom. The number of hydrogen-bond acceptors (Lipinski definition) is 3. The fourth-order valence-corrected chi connectivity index (χ4v) is 4.15. The number of rotatable bonds is 18. The van der Waals surface area contributed by atoms with Gasteiger partial charge in [0, 0.05) is 0 Å². The summed E-state index contributed by atoms with van der Waals surface area (Å²) in [6, 6.07) is 5.05. The van der Waals surface area contributed by atoms with E-state index in [0.29, 0.717) is 5.75 Å². The van der Waals surface area contributed by atoms with Gasteiger partial charge in [-0.25, -0.2) is 0 Å². The van der Waals surface area contributed by atoms with E-state index in [9.17, 15) is 10.2 Å². The lowest BCUT2D eigenvalue weighted by molar-refractivity contribution is 0.0306. The first kappa shape index (κ1) is 25.7. The van der Waals surface area contributed by atoms with E-state index in [0.717, 1.165) is 25.7 Å². The Kier molecular flexibility index (Phi) is 13.7. The smallest absolute Gasteiger partial charge is 0.200 e. The SMILES string of the molecule is CCCCCCCC(CCCCC)(CCCCCCC)Oc1cccc(O)c1O. The molecule has 0 amide bonds. The highest BCUT2D eigenvalue weighted by Crippen LogP contribution is 2.41. The molecule has 3 heteroatoms. The lowest BCUT2D eigenvalue weighted by Gasteiger charge is -2.36. The molecule has 1 aromatic rings. The maximum atomic E-state index is 10.3. The van der Waals surface area contributed by atoms with Gasteiger partial charge in [0.25, 0.3) is 0 Å². The molecule has 0 aliphatic heterocycles. The van der Waals surface area contributed by atoms with Crippen molar-refractivity contribution in [3.8, 4) is 17.2 Å². The molecule has 0 radical (unpaired) electrons. The third-order valence-corrected chi connectivity index (χ3v) is 6.01. The van der Waals surface area contributed by atoms with Crippen molar-refractivity contribution in [2.24, 2.45) is 0 Å². The fraction of sp³-hybridized carbons (Fsp3) is 0.769. The molecule has 0 atom stereocenters. The number of aromatic hydroxyl groups is 2. The summed E-state index contributed by atoms with van der Waals surface area (Å²) in [5, 5.41) is 20.3. The van der Waals surface area contributed by atoms with Gasteiger partial charge in [0.2, 0.25) is 5.75 Å². The van der Waals surface area contributed by atoms with Crippen LogP contribution in [0, 0.1) is 0 Å². The van der Waals surface area contributed by atoms with Gasteiger partial charge in [0.1, 0.15) is 5.60 Å². The van der Waals surface area contributed by atoms with E-state index < -0.39 is 0 Å². The van der Waals surface area contributed by atoms with Crippen molar-refractivity contribution in [1.82, 2.24) is 0 Å². The summed E-state index contributed by atoms with van der Waals surface area (Å²) in [6.45, 7) is 6.73. The third-order valence-electron chi connectivity index (χ3n) is 6.01. The molecular formula is C26H46O3. The molecule has 3 nitrogen and oxygen atoms in total. The van der Waals surface area contributed by atoms with Crippen molar-refractivity contribution < 1.29 is 14.9 Å². The summed E-state index contributed by atoms with van der Waals surface area (Å²) >= 11 is 0. The minimum absolute atomic E-state index is 0.101. The molecule has 2 N–H and O–H groups in total. The molecular weight excluding hydrogens is 360 g/mol. The van der Waals surface area contributed by atoms with E-state index in [-0.39, 0.29) is 17.1 Å². The van der Waals surface area contributed by atoms with Crippen LogP contribution in [0.4, 0.5) is 0 Å². The van der Waals surface area contributed by atoms with E-state index in [1.54, 1.807) is 12.1 Å². The Morgan fingerprint density at radius 1 is 0.655 bits per heavy atom. The number of hydrogen-bond donors (Lipinski definition) is 2. The molecule has 1 aromatic carbocycles. The molecule has 0 unspecified atom stereocenters. The average molecular weight is 407 g/mol. The number of phenols is 2. The molecule has 168 valence electrons. The molecule has 0 saturated heterocycles. The minimum Gasteiger partial charge on any atom is -0.504 e. The van der Waals surface area contributed by atoms with Gasteiger partial charge in [-0.3, -0.25) is 0 Å². The average Bonchev–Trinajstić information content (AvgIpc) is 2.71. The van der Waals surface area contributed by atoms with Gasteiger partial charge >= 0.3 is 0 Å². The summed E-state index contributed by atoms with van der Waals surface area (Å²) in [5.41, 5.74) is -0.237. The summed E-state index contributed by atoms with van der Waals surface area (Å²) in [6.07, 6.45) is 19.2. The Hall–Kier alpha value is -1.38. The number of unbranched alkanes of at least 4 members (excludes halogenated alkanes) is 10. The van der Waals surface area contributed by atoms with E-state index in [2.05, 4.69) is 20.8 Å². The highest BCUT2D eigenvalue weighted by Gasteiger charge is 2.32. The van der Waals surface area contributed by atoms with Crippen LogP contribution in [-0.2, 0) is 0 Å². The van der Waals surface area contributed by atoms with Gasteiger partial charge < -0.3 is 14.9 Å². The zero-order valence-corrected chi connectivity index (χ0v) is 19.3. The predicted octanol–water partition coefficient (Wildman–Crippen LogP) is 8.52. The van der Waals surface area contributed by atoms with Crippen molar-refractivity contribution in [1.29, 1.82) is 0 Å². The van der Waals surface area contributed by atoms with Crippen LogP contribution in [0.25, 0.3) is 0 Å². The quantitative estimate of drug-likeness (QED) is 0.190. The maximum absolute atomic E-state index is 10.3. The first-order chi connectivity index (χ1) is 14.1. The highest BCUT2D eigenvalue weighted by atomic mass is 16.5. The first-order valence-corrected chi connectivity index (χ1v) is 12.3. The monoisotopic (exact) mass is 406 g/mol. The molecule has 0 heterocycles. The number of benzene rings is 1. The molecule has 0 aliphatic carbocycles. The van der Waals surface area contributed by atoms with Crippen LogP contribution in [0.1, 0.15) is 124 Å². The molecule has 0 aliphatic rings.